The second-order valence-electron chi connectivity index (χ2n) is 7.07. The van der Waals surface area contributed by atoms with Crippen LogP contribution in [0.1, 0.15) is 27.2 Å². The number of halogens is 1. The maximum Gasteiger partial charge on any atom is 0.269 e. The predicted octanol–water partition coefficient (Wildman–Crippen LogP) is 3.90. The number of amides is 1. The molecule has 0 aliphatic heterocycles. The molecule has 168 valence electrons. The van der Waals surface area contributed by atoms with Gasteiger partial charge in [0, 0.05) is 36.3 Å². The molecular weight excluding hydrogens is 458 g/mol. The number of benzene rings is 2. The van der Waals surface area contributed by atoms with Crippen LogP contribution in [0.4, 0.5) is 5.69 Å². The van der Waals surface area contributed by atoms with Crippen molar-refractivity contribution in [3.8, 4) is 0 Å². The minimum absolute atomic E-state index is 0.00646. The number of furan rings is 1. The van der Waals surface area contributed by atoms with Crippen LogP contribution >= 0.6 is 11.6 Å². The van der Waals surface area contributed by atoms with Crippen molar-refractivity contribution >= 4 is 33.2 Å². The van der Waals surface area contributed by atoms with E-state index in [0.717, 1.165) is 0 Å². The van der Waals surface area contributed by atoms with Crippen molar-refractivity contribution in [1.82, 2.24) is 9.62 Å². The van der Waals surface area contributed by atoms with Gasteiger partial charge in [0.25, 0.3) is 11.6 Å². The Hall–Kier alpha value is -3.21. The molecule has 3 rings (SSSR count). The monoisotopic (exact) mass is 477 g/mol. The summed E-state index contributed by atoms with van der Waals surface area (Å²) >= 11 is 6.13. The molecule has 2 aromatic carbocycles. The Morgan fingerprint density at radius 1 is 1.22 bits per heavy atom. The topological polar surface area (TPSA) is 123 Å². The van der Waals surface area contributed by atoms with Crippen molar-refractivity contribution in [2.75, 3.05) is 7.05 Å². The van der Waals surface area contributed by atoms with Gasteiger partial charge in [-0.2, -0.15) is 0 Å². The highest BCUT2D eigenvalue weighted by Gasteiger charge is 2.21. The van der Waals surface area contributed by atoms with Gasteiger partial charge in [-0.25, -0.2) is 13.1 Å². The normalized spacial score (nSPS) is 11.3. The number of hydrogen-bond acceptors (Lipinski definition) is 6. The highest BCUT2D eigenvalue weighted by atomic mass is 35.5. The highest BCUT2D eigenvalue weighted by molar-refractivity contribution is 7.89. The first-order chi connectivity index (χ1) is 15.1. The molecule has 9 nitrogen and oxygen atoms in total. The fraction of sp³-hybridized carbons (Fsp3) is 0.190. The zero-order valence-electron chi connectivity index (χ0n) is 17.2. The number of nitro groups is 1. The summed E-state index contributed by atoms with van der Waals surface area (Å²) in [5, 5.41) is 11.3. The number of nitrogens with zero attached hydrogens (tertiary/aromatic N) is 2. The molecule has 0 unspecified atom stereocenters. The summed E-state index contributed by atoms with van der Waals surface area (Å²) < 4.78 is 32.9. The van der Waals surface area contributed by atoms with E-state index in [1.165, 1.54) is 48.5 Å². The van der Waals surface area contributed by atoms with Gasteiger partial charge in [-0.1, -0.05) is 17.7 Å². The van der Waals surface area contributed by atoms with E-state index >= 15 is 0 Å². The first kappa shape index (κ1) is 23.5. The summed E-state index contributed by atoms with van der Waals surface area (Å²) in [5.41, 5.74) is 1.03. The fourth-order valence-corrected chi connectivity index (χ4v) is 4.19. The van der Waals surface area contributed by atoms with Crippen molar-refractivity contribution in [3.63, 3.8) is 0 Å². The number of sulfonamides is 1. The lowest BCUT2D eigenvalue weighted by Crippen LogP contribution is -2.28. The zero-order valence-corrected chi connectivity index (χ0v) is 18.8. The molecule has 32 heavy (non-hydrogen) atoms. The lowest BCUT2D eigenvalue weighted by Gasteiger charge is -2.19. The van der Waals surface area contributed by atoms with Crippen LogP contribution in [0.5, 0.6) is 0 Å². The molecule has 0 saturated heterocycles. The molecule has 0 radical (unpaired) electrons. The van der Waals surface area contributed by atoms with Gasteiger partial charge in [0.15, 0.2) is 0 Å². The molecular formula is C21H20ClN3O6S. The van der Waals surface area contributed by atoms with E-state index in [4.69, 9.17) is 16.0 Å². The van der Waals surface area contributed by atoms with E-state index < -0.39 is 20.9 Å². The summed E-state index contributed by atoms with van der Waals surface area (Å²) in [5.74, 6) is -0.00119. The van der Waals surface area contributed by atoms with E-state index in [1.54, 1.807) is 25.1 Å². The van der Waals surface area contributed by atoms with Crippen molar-refractivity contribution < 1.29 is 22.6 Å². The first-order valence-corrected chi connectivity index (χ1v) is 11.3. The van der Waals surface area contributed by atoms with Crippen LogP contribution < -0.4 is 4.72 Å². The third kappa shape index (κ3) is 5.34. The molecule has 0 fully saturated rings. The molecule has 11 heteroatoms. The summed E-state index contributed by atoms with van der Waals surface area (Å²) in [7, 11) is -2.39. The van der Waals surface area contributed by atoms with Gasteiger partial charge in [-0.3, -0.25) is 14.9 Å². The molecule has 0 bridgehead atoms. The zero-order chi connectivity index (χ0) is 23.5. The van der Waals surface area contributed by atoms with E-state index in [-0.39, 0.29) is 34.3 Å². The van der Waals surface area contributed by atoms with Crippen LogP contribution in [0, 0.1) is 17.0 Å². The van der Waals surface area contributed by atoms with E-state index in [2.05, 4.69) is 4.72 Å². The second kappa shape index (κ2) is 9.51. The van der Waals surface area contributed by atoms with Crippen LogP contribution in [0.25, 0.3) is 0 Å². The highest BCUT2D eigenvalue weighted by Crippen LogP contribution is 2.24. The predicted molar refractivity (Wildman–Crippen MR) is 118 cm³/mol. The Balaban J connectivity index is 1.82. The number of non-ortho nitro benzene ring substituents is 1. The molecule has 1 N–H and O–H groups in total. The number of nitrogens with one attached hydrogen (secondary N) is 1. The summed E-state index contributed by atoms with van der Waals surface area (Å²) in [6.07, 6.45) is 1.44. The van der Waals surface area contributed by atoms with E-state index in [9.17, 15) is 23.3 Å². The van der Waals surface area contributed by atoms with Crippen LogP contribution in [0.15, 0.2) is 64.1 Å². The molecule has 0 atom stereocenters. The van der Waals surface area contributed by atoms with Gasteiger partial charge >= 0.3 is 0 Å². The quantitative estimate of drug-likeness (QED) is 0.387. The van der Waals surface area contributed by atoms with E-state index in [0.29, 0.717) is 16.9 Å². The smallest absolute Gasteiger partial charge is 0.269 e. The largest absolute Gasteiger partial charge is 0.468 e. The van der Waals surface area contributed by atoms with Crippen molar-refractivity contribution in [3.05, 3.63) is 92.4 Å². The first-order valence-electron chi connectivity index (χ1n) is 9.39. The molecule has 0 aliphatic rings. The SMILES string of the molecule is Cc1ccc(S(=O)(=O)NCc2ccco2)cc1C(=O)N(C)Cc1cc([N+](=O)[O-])ccc1Cl. The molecule has 0 spiro atoms. The average molecular weight is 478 g/mol. The lowest BCUT2D eigenvalue weighted by atomic mass is 10.1. The lowest BCUT2D eigenvalue weighted by molar-refractivity contribution is -0.384. The minimum atomic E-state index is -3.89. The minimum Gasteiger partial charge on any atom is -0.468 e. The van der Waals surface area contributed by atoms with Gasteiger partial charge in [-0.05, 0) is 48.4 Å². The summed E-state index contributed by atoms with van der Waals surface area (Å²) in [4.78, 5) is 24.8. The Kier molecular flexibility index (Phi) is 6.97. The number of rotatable bonds is 8. The van der Waals surface area contributed by atoms with Gasteiger partial charge in [0.1, 0.15) is 5.76 Å². The Bertz CT molecular complexity index is 1260. The van der Waals surface area contributed by atoms with Crippen LogP contribution in [0.3, 0.4) is 0 Å². The van der Waals surface area contributed by atoms with Crippen LogP contribution in [-0.2, 0) is 23.1 Å². The average Bonchev–Trinajstić information content (AvgIpc) is 3.27. The Morgan fingerprint density at radius 2 is 1.97 bits per heavy atom. The van der Waals surface area contributed by atoms with Gasteiger partial charge in [-0.15, -0.1) is 0 Å². The van der Waals surface area contributed by atoms with E-state index in [1.807, 2.05) is 0 Å². The second-order valence-corrected chi connectivity index (χ2v) is 9.25. The van der Waals surface area contributed by atoms with Gasteiger partial charge in [0.05, 0.1) is 22.6 Å². The standard InChI is InChI=1S/C21H20ClN3O6S/c1-14-5-7-18(32(29,30)23-12-17-4-3-9-31-17)11-19(14)21(26)24(2)13-15-10-16(25(27)28)6-8-20(15)22/h3-11,23H,12-13H2,1-2H3. The van der Waals surface area contributed by atoms with Crippen molar-refractivity contribution in [2.45, 2.75) is 24.9 Å². The van der Waals surface area contributed by atoms with Crippen molar-refractivity contribution in [2.24, 2.45) is 0 Å². The maximum absolute atomic E-state index is 13.0. The number of aryl methyl sites for hydroxylation is 1. The maximum atomic E-state index is 13.0. The summed E-state index contributed by atoms with van der Waals surface area (Å²) in [6, 6.07) is 11.5. The summed E-state index contributed by atoms with van der Waals surface area (Å²) in [6.45, 7) is 1.66. The van der Waals surface area contributed by atoms with Crippen molar-refractivity contribution in [1.29, 1.82) is 0 Å². The third-order valence-corrected chi connectivity index (χ3v) is 6.53. The number of hydrogen-bond donors (Lipinski definition) is 1. The molecule has 0 saturated carbocycles. The van der Waals surface area contributed by atoms with Crippen LogP contribution in [-0.4, -0.2) is 31.2 Å². The van der Waals surface area contributed by atoms with Crippen LogP contribution in [0.2, 0.25) is 5.02 Å². The van der Waals surface area contributed by atoms with Gasteiger partial charge in [0.2, 0.25) is 10.0 Å². The molecule has 3 aromatic rings. The number of carbonyl (C=O) groups is 1. The third-order valence-electron chi connectivity index (χ3n) is 4.76. The molecule has 0 aliphatic carbocycles. The molecule has 1 heterocycles. The Morgan fingerprint density at radius 3 is 2.62 bits per heavy atom. The molecule has 1 amide bonds. The number of nitro benzene ring substituents is 1. The number of carbonyl (C=O) groups excluding carboxylic acids is 1. The Labute approximate surface area is 189 Å². The van der Waals surface area contributed by atoms with Gasteiger partial charge < -0.3 is 9.32 Å². The molecule has 1 aromatic heterocycles. The fourth-order valence-electron chi connectivity index (χ4n) is 2.99.